The van der Waals surface area contributed by atoms with E-state index in [0.717, 1.165) is 22.3 Å². The number of nitrogens with one attached hydrogen (secondary N) is 3. The SMILES string of the molecule is CC1=CC(O)CC(C)=C1CC(NC(=O)C(N)CCCN)C(=O)NC(CCCCN)C(=O)NC(Cc1ccccc1)C(N)=O. The summed E-state index contributed by atoms with van der Waals surface area (Å²) in [4.78, 5) is 52.4. The molecule has 0 saturated carbocycles. The Kier molecular flexibility index (Phi) is 15.0. The molecule has 1 aliphatic rings. The molecule has 0 aromatic heterocycles. The maximum absolute atomic E-state index is 13.8. The van der Waals surface area contributed by atoms with Crippen molar-refractivity contribution in [2.75, 3.05) is 13.1 Å². The Hall–Kier alpha value is -3.58. The zero-order chi connectivity index (χ0) is 31.9. The predicted octanol–water partition coefficient (Wildman–Crippen LogP) is -0.218. The van der Waals surface area contributed by atoms with Crippen LogP contribution < -0.4 is 38.9 Å². The third-order valence-corrected chi connectivity index (χ3v) is 7.57. The summed E-state index contributed by atoms with van der Waals surface area (Å²) in [6.45, 7) is 4.49. The third-order valence-electron chi connectivity index (χ3n) is 7.57. The number of carbonyl (C=O) groups excluding carboxylic acids is 4. The summed E-state index contributed by atoms with van der Waals surface area (Å²) in [6, 6.07) is 5.21. The number of hydrogen-bond acceptors (Lipinski definition) is 8. The fraction of sp³-hybridized carbons (Fsp3) is 0.548. The topological polar surface area (TPSA) is 229 Å². The number of allylic oxidation sites excluding steroid dienone is 1. The lowest BCUT2D eigenvalue weighted by atomic mass is 9.87. The van der Waals surface area contributed by atoms with Gasteiger partial charge in [-0.1, -0.05) is 42.0 Å². The van der Waals surface area contributed by atoms with Gasteiger partial charge in [-0.15, -0.1) is 0 Å². The monoisotopic (exact) mass is 599 g/mol. The molecule has 5 unspecified atom stereocenters. The van der Waals surface area contributed by atoms with Crippen LogP contribution in [0.4, 0.5) is 0 Å². The van der Waals surface area contributed by atoms with Crippen LogP contribution in [0.15, 0.2) is 53.1 Å². The van der Waals surface area contributed by atoms with Crippen LogP contribution in [0.5, 0.6) is 0 Å². The minimum Gasteiger partial charge on any atom is -0.389 e. The number of benzene rings is 1. The quantitative estimate of drug-likeness (QED) is 0.105. The van der Waals surface area contributed by atoms with Crippen molar-refractivity contribution in [3.8, 4) is 0 Å². The predicted molar refractivity (Wildman–Crippen MR) is 166 cm³/mol. The summed E-state index contributed by atoms with van der Waals surface area (Å²) >= 11 is 0. The van der Waals surface area contributed by atoms with Crippen LogP contribution in [-0.2, 0) is 25.6 Å². The van der Waals surface area contributed by atoms with Gasteiger partial charge in [0.2, 0.25) is 23.6 Å². The van der Waals surface area contributed by atoms with E-state index in [1.807, 2.05) is 44.2 Å². The van der Waals surface area contributed by atoms with Gasteiger partial charge in [-0.25, -0.2) is 0 Å². The molecular formula is C31H49N7O5. The number of primary amides is 1. The third kappa shape index (κ3) is 11.9. The van der Waals surface area contributed by atoms with Crippen molar-refractivity contribution in [2.24, 2.45) is 22.9 Å². The Morgan fingerprint density at radius 3 is 2.05 bits per heavy atom. The first-order valence-electron chi connectivity index (χ1n) is 14.9. The lowest BCUT2D eigenvalue weighted by Gasteiger charge is -2.28. The van der Waals surface area contributed by atoms with Crippen molar-refractivity contribution >= 4 is 23.6 Å². The highest BCUT2D eigenvalue weighted by molar-refractivity contribution is 5.94. The molecule has 12 nitrogen and oxygen atoms in total. The molecule has 43 heavy (non-hydrogen) atoms. The Balaban J connectivity index is 2.29. The molecule has 1 aromatic rings. The number of amides is 4. The number of unbranched alkanes of at least 4 members (excludes halogenated alkanes) is 1. The highest BCUT2D eigenvalue weighted by Gasteiger charge is 2.31. The molecule has 0 spiro atoms. The van der Waals surface area contributed by atoms with Gasteiger partial charge in [0.15, 0.2) is 0 Å². The first-order valence-corrected chi connectivity index (χ1v) is 14.9. The normalized spacial score (nSPS) is 17.7. The molecule has 4 amide bonds. The Labute approximate surface area is 254 Å². The van der Waals surface area contributed by atoms with Gasteiger partial charge in [0.25, 0.3) is 0 Å². The summed E-state index contributed by atoms with van der Waals surface area (Å²) in [5, 5.41) is 18.4. The van der Waals surface area contributed by atoms with Crippen molar-refractivity contribution < 1.29 is 24.3 Å². The molecule has 0 bridgehead atoms. The molecule has 5 atom stereocenters. The second kappa shape index (κ2) is 18.2. The van der Waals surface area contributed by atoms with Crippen molar-refractivity contribution in [3.63, 3.8) is 0 Å². The molecule has 1 aliphatic carbocycles. The number of nitrogens with two attached hydrogens (primary N) is 4. The first-order chi connectivity index (χ1) is 20.5. The largest absolute Gasteiger partial charge is 0.389 e. The molecule has 12 heteroatoms. The molecular weight excluding hydrogens is 550 g/mol. The van der Waals surface area contributed by atoms with Crippen LogP contribution in [-0.4, -0.2) is 72.1 Å². The Morgan fingerprint density at radius 2 is 1.44 bits per heavy atom. The molecule has 0 aliphatic heterocycles. The standard InChI is InChI=1S/C31H49N7O5/c1-19-15-22(39)16-20(2)23(19)18-27(38-29(41)24(34)11-8-14-33)31(43)36-25(12-6-7-13-32)30(42)37-26(28(35)40)17-21-9-4-3-5-10-21/h3-5,9-10,15,22,24-27,39H,6-8,11-14,16-18,32-34H2,1-2H3,(H2,35,40)(H,36,43)(H,37,42)(H,38,41). The van der Waals surface area contributed by atoms with Crippen LogP contribution in [0.1, 0.15) is 64.4 Å². The molecule has 238 valence electrons. The second-order valence-electron chi connectivity index (χ2n) is 11.2. The van der Waals surface area contributed by atoms with Gasteiger partial charge >= 0.3 is 0 Å². The number of carbonyl (C=O) groups is 4. The maximum atomic E-state index is 13.8. The van der Waals surface area contributed by atoms with Crippen LogP contribution in [0.3, 0.4) is 0 Å². The van der Waals surface area contributed by atoms with E-state index in [1.165, 1.54) is 0 Å². The maximum Gasteiger partial charge on any atom is 0.243 e. The fourth-order valence-corrected chi connectivity index (χ4v) is 5.10. The van der Waals surface area contributed by atoms with Gasteiger partial charge in [0.1, 0.15) is 18.1 Å². The van der Waals surface area contributed by atoms with E-state index in [2.05, 4.69) is 16.0 Å². The van der Waals surface area contributed by atoms with Gasteiger partial charge in [-0.05, 0) is 82.2 Å². The Morgan fingerprint density at radius 1 is 0.837 bits per heavy atom. The van der Waals surface area contributed by atoms with Gasteiger partial charge in [0, 0.05) is 12.8 Å². The smallest absolute Gasteiger partial charge is 0.243 e. The number of aliphatic hydroxyl groups is 1. The highest BCUT2D eigenvalue weighted by atomic mass is 16.3. The molecule has 0 radical (unpaired) electrons. The summed E-state index contributed by atoms with van der Waals surface area (Å²) in [5.41, 5.74) is 26.2. The highest BCUT2D eigenvalue weighted by Crippen LogP contribution is 2.28. The summed E-state index contributed by atoms with van der Waals surface area (Å²) in [6.07, 6.45) is 4.14. The van der Waals surface area contributed by atoms with Crippen molar-refractivity contribution in [1.29, 1.82) is 0 Å². The molecule has 0 fully saturated rings. The van der Waals surface area contributed by atoms with Crippen LogP contribution in [0.25, 0.3) is 0 Å². The number of hydrogen-bond donors (Lipinski definition) is 8. The van der Waals surface area contributed by atoms with Crippen LogP contribution in [0, 0.1) is 0 Å². The lowest BCUT2D eigenvalue weighted by molar-refractivity contribution is -0.133. The van der Waals surface area contributed by atoms with Crippen LogP contribution >= 0.6 is 0 Å². The Bertz CT molecular complexity index is 1150. The zero-order valence-electron chi connectivity index (χ0n) is 25.3. The first kappa shape index (κ1) is 35.6. The van der Waals surface area contributed by atoms with E-state index in [4.69, 9.17) is 22.9 Å². The van der Waals surface area contributed by atoms with E-state index < -0.39 is 53.9 Å². The van der Waals surface area contributed by atoms with Crippen LogP contribution in [0.2, 0.25) is 0 Å². The van der Waals surface area contributed by atoms with Crippen molar-refractivity contribution in [2.45, 2.75) is 95.5 Å². The van der Waals surface area contributed by atoms with E-state index >= 15 is 0 Å². The van der Waals surface area contributed by atoms with Gasteiger partial charge in [-0.3, -0.25) is 19.2 Å². The van der Waals surface area contributed by atoms with Crippen molar-refractivity contribution in [3.05, 3.63) is 58.7 Å². The molecule has 1 aromatic carbocycles. The van der Waals surface area contributed by atoms with Gasteiger partial charge < -0.3 is 44.0 Å². The number of aliphatic hydroxyl groups excluding tert-OH is 1. The molecule has 0 saturated heterocycles. The second-order valence-corrected chi connectivity index (χ2v) is 11.2. The minimum absolute atomic E-state index is 0.136. The van der Waals surface area contributed by atoms with E-state index in [0.29, 0.717) is 45.2 Å². The number of rotatable bonds is 18. The van der Waals surface area contributed by atoms with E-state index in [1.54, 1.807) is 6.08 Å². The molecule has 12 N–H and O–H groups in total. The van der Waals surface area contributed by atoms with Crippen molar-refractivity contribution in [1.82, 2.24) is 16.0 Å². The van der Waals surface area contributed by atoms with E-state index in [-0.39, 0.29) is 19.3 Å². The average Bonchev–Trinajstić information content (AvgIpc) is 2.96. The van der Waals surface area contributed by atoms with Gasteiger partial charge in [-0.2, -0.15) is 0 Å². The molecule has 0 heterocycles. The summed E-state index contributed by atoms with van der Waals surface area (Å²) in [7, 11) is 0. The fourth-order valence-electron chi connectivity index (χ4n) is 5.10. The summed E-state index contributed by atoms with van der Waals surface area (Å²) in [5.74, 6) is -2.36. The lowest BCUT2D eigenvalue weighted by Crippen LogP contribution is -2.57. The summed E-state index contributed by atoms with van der Waals surface area (Å²) < 4.78 is 0. The van der Waals surface area contributed by atoms with Gasteiger partial charge in [0.05, 0.1) is 12.1 Å². The zero-order valence-corrected chi connectivity index (χ0v) is 25.3. The molecule has 2 rings (SSSR count). The van der Waals surface area contributed by atoms with E-state index in [9.17, 15) is 24.3 Å². The average molecular weight is 600 g/mol. The minimum atomic E-state index is -1.05.